The third-order valence-corrected chi connectivity index (χ3v) is 5.31. The molecule has 0 aliphatic rings. The molecule has 0 aliphatic heterocycles. The SMILES string of the molecule is CC(C(=O)Nc1ccc(Br)cc1Br)n1cnc2c1c(=O)n(C)c(=O)n2C. The minimum absolute atomic E-state index is 0.201. The van der Waals surface area contributed by atoms with Crippen LogP contribution in [0.4, 0.5) is 5.69 Å². The highest BCUT2D eigenvalue weighted by molar-refractivity contribution is 9.11. The predicted octanol–water partition coefficient (Wildman–Crippen LogP) is 2.16. The van der Waals surface area contributed by atoms with Crippen LogP contribution in [0.5, 0.6) is 0 Å². The first kappa shape index (κ1) is 18.6. The molecule has 0 fully saturated rings. The van der Waals surface area contributed by atoms with Crippen molar-refractivity contribution in [2.24, 2.45) is 14.1 Å². The number of rotatable bonds is 3. The maximum Gasteiger partial charge on any atom is 0.332 e. The van der Waals surface area contributed by atoms with Crippen molar-refractivity contribution in [3.8, 4) is 0 Å². The van der Waals surface area contributed by atoms with E-state index in [0.717, 1.165) is 13.5 Å². The number of amides is 1. The van der Waals surface area contributed by atoms with E-state index in [-0.39, 0.29) is 17.1 Å². The zero-order valence-electron chi connectivity index (χ0n) is 14.2. The zero-order valence-corrected chi connectivity index (χ0v) is 17.3. The zero-order chi connectivity index (χ0) is 19.2. The number of halogens is 2. The van der Waals surface area contributed by atoms with Crippen LogP contribution < -0.4 is 16.6 Å². The van der Waals surface area contributed by atoms with Gasteiger partial charge >= 0.3 is 5.69 Å². The van der Waals surface area contributed by atoms with Crippen LogP contribution in [-0.4, -0.2) is 24.6 Å². The van der Waals surface area contributed by atoms with Crippen LogP contribution in [0.25, 0.3) is 11.2 Å². The van der Waals surface area contributed by atoms with E-state index in [1.165, 1.54) is 29.6 Å². The summed E-state index contributed by atoms with van der Waals surface area (Å²) in [4.78, 5) is 41.3. The molecule has 3 aromatic rings. The van der Waals surface area contributed by atoms with Gasteiger partial charge in [-0.1, -0.05) is 15.9 Å². The molecule has 3 rings (SSSR count). The van der Waals surface area contributed by atoms with Gasteiger partial charge in [-0.05, 0) is 41.1 Å². The number of carbonyl (C=O) groups is 1. The Kier molecular flexibility index (Phi) is 4.89. The van der Waals surface area contributed by atoms with E-state index in [2.05, 4.69) is 42.2 Å². The fourth-order valence-corrected chi connectivity index (χ4v) is 3.76. The van der Waals surface area contributed by atoms with Crippen molar-refractivity contribution in [3.63, 3.8) is 0 Å². The first-order valence-corrected chi connectivity index (χ1v) is 9.19. The molecule has 136 valence electrons. The largest absolute Gasteiger partial charge is 0.332 e. The van der Waals surface area contributed by atoms with Crippen LogP contribution in [0.3, 0.4) is 0 Å². The molecule has 0 saturated carbocycles. The number of nitrogens with one attached hydrogen (secondary N) is 1. The summed E-state index contributed by atoms with van der Waals surface area (Å²) >= 11 is 6.75. The second-order valence-corrected chi connectivity index (χ2v) is 7.59. The number of aryl methyl sites for hydroxylation is 1. The number of hydrogen-bond acceptors (Lipinski definition) is 4. The van der Waals surface area contributed by atoms with Gasteiger partial charge < -0.3 is 9.88 Å². The van der Waals surface area contributed by atoms with E-state index in [1.54, 1.807) is 13.0 Å². The molecule has 0 spiro atoms. The van der Waals surface area contributed by atoms with E-state index >= 15 is 0 Å². The maximum atomic E-state index is 12.7. The molecular weight excluding hydrogens is 470 g/mol. The van der Waals surface area contributed by atoms with Crippen molar-refractivity contribution < 1.29 is 4.79 Å². The average Bonchev–Trinajstić information content (AvgIpc) is 3.04. The van der Waals surface area contributed by atoms with Crippen molar-refractivity contribution in [1.29, 1.82) is 0 Å². The third kappa shape index (κ3) is 3.03. The van der Waals surface area contributed by atoms with Gasteiger partial charge in [-0.25, -0.2) is 9.78 Å². The van der Waals surface area contributed by atoms with Gasteiger partial charge in [0.05, 0.1) is 12.0 Å². The molecule has 2 heterocycles. The van der Waals surface area contributed by atoms with E-state index < -0.39 is 17.3 Å². The first-order chi connectivity index (χ1) is 12.2. The van der Waals surface area contributed by atoms with Gasteiger partial charge in [-0.15, -0.1) is 0 Å². The lowest BCUT2D eigenvalue weighted by molar-refractivity contribution is -0.118. The van der Waals surface area contributed by atoms with Gasteiger partial charge in [0.15, 0.2) is 11.2 Å². The summed E-state index contributed by atoms with van der Waals surface area (Å²) < 4.78 is 5.35. The highest BCUT2D eigenvalue weighted by Gasteiger charge is 2.22. The number of imidazole rings is 1. The van der Waals surface area contributed by atoms with Crippen molar-refractivity contribution in [2.75, 3.05) is 5.32 Å². The molecule has 1 aromatic carbocycles. The minimum atomic E-state index is -0.708. The van der Waals surface area contributed by atoms with Crippen molar-refractivity contribution in [1.82, 2.24) is 18.7 Å². The van der Waals surface area contributed by atoms with Gasteiger partial charge in [0.1, 0.15) is 6.04 Å². The molecule has 26 heavy (non-hydrogen) atoms. The van der Waals surface area contributed by atoms with E-state index in [9.17, 15) is 14.4 Å². The van der Waals surface area contributed by atoms with Gasteiger partial charge in [-0.2, -0.15) is 0 Å². The van der Waals surface area contributed by atoms with E-state index in [4.69, 9.17) is 0 Å². The predicted molar refractivity (Wildman–Crippen MR) is 105 cm³/mol. The molecule has 1 amide bonds. The van der Waals surface area contributed by atoms with Crippen LogP contribution in [0.15, 0.2) is 43.1 Å². The molecule has 0 aliphatic carbocycles. The Balaban J connectivity index is 2.02. The van der Waals surface area contributed by atoms with Gasteiger partial charge in [-0.3, -0.25) is 18.7 Å². The van der Waals surface area contributed by atoms with Crippen LogP contribution in [-0.2, 0) is 18.9 Å². The Morgan fingerprint density at radius 3 is 2.54 bits per heavy atom. The van der Waals surface area contributed by atoms with Crippen LogP contribution in [0, 0.1) is 0 Å². The summed E-state index contributed by atoms with van der Waals surface area (Å²) in [6.45, 7) is 1.66. The number of aromatic nitrogens is 4. The molecule has 0 bridgehead atoms. The Hall–Kier alpha value is -2.20. The van der Waals surface area contributed by atoms with Crippen LogP contribution in [0.1, 0.15) is 13.0 Å². The smallest absolute Gasteiger partial charge is 0.323 e. The highest BCUT2D eigenvalue weighted by Crippen LogP contribution is 2.27. The lowest BCUT2D eigenvalue weighted by atomic mass is 10.2. The molecule has 10 heteroatoms. The summed E-state index contributed by atoms with van der Waals surface area (Å²) in [6.07, 6.45) is 1.40. The summed E-state index contributed by atoms with van der Waals surface area (Å²) in [7, 11) is 2.93. The second-order valence-electron chi connectivity index (χ2n) is 5.82. The number of anilines is 1. The topological polar surface area (TPSA) is 90.9 Å². The fourth-order valence-electron chi connectivity index (χ4n) is 2.61. The summed E-state index contributed by atoms with van der Waals surface area (Å²) in [5.41, 5.74) is 0.0817. The molecule has 2 aromatic heterocycles. The van der Waals surface area contributed by atoms with Crippen molar-refractivity contribution >= 4 is 54.6 Å². The minimum Gasteiger partial charge on any atom is -0.323 e. The van der Waals surface area contributed by atoms with Crippen LogP contribution >= 0.6 is 31.9 Å². The first-order valence-electron chi connectivity index (χ1n) is 7.61. The Bertz CT molecular complexity index is 1150. The van der Waals surface area contributed by atoms with E-state index in [0.29, 0.717) is 5.69 Å². The molecule has 0 saturated heterocycles. The molecule has 8 nitrogen and oxygen atoms in total. The quantitative estimate of drug-likeness (QED) is 0.616. The molecular formula is C16H15Br2N5O3. The standard InChI is InChI=1S/C16H15Br2N5O3/c1-8(14(24)20-11-5-4-9(17)6-10(11)18)23-7-19-13-12(23)15(25)22(3)16(26)21(13)2/h4-8H,1-3H3,(H,20,24). The molecule has 1 atom stereocenters. The number of benzene rings is 1. The fraction of sp³-hybridized carbons (Fsp3) is 0.250. The summed E-state index contributed by atoms with van der Waals surface area (Å²) in [5, 5.41) is 2.82. The van der Waals surface area contributed by atoms with E-state index in [1.807, 2.05) is 12.1 Å². The summed E-state index contributed by atoms with van der Waals surface area (Å²) in [5.74, 6) is -0.316. The number of hydrogen-bond donors (Lipinski definition) is 1. The number of nitrogens with zero attached hydrogens (tertiary/aromatic N) is 4. The second kappa shape index (κ2) is 6.84. The Morgan fingerprint density at radius 1 is 1.19 bits per heavy atom. The molecule has 1 N–H and O–H groups in total. The van der Waals surface area contributed by atoms with Gasteiger partial charge in [0.25, 0.3) is 5.56 Å². The number of fused-ring (bicyclic) bond motifs is 1. The summed E-state index contributed by atoms with van der Waals surface area (Å²) in [6, 6.07) is 4.68. The average molecular weight is 485 g/mol. The normalized spacial score (nSPS) is 12.3. The number of carbonyl (C=O) groups excluding carboxylic acids is 1. The highest BCUT2D eigenvalue weighted by atomic mass is 79.9. The third-order valence-electron chi connectivity index (χ3n) is 4.16. The van der Waals surface area contributed by atoms with Crippen molar-refractivity contribution in [3.05, 3.63) is 54.3 Å². The van der Waals surface area contributed by atoms with Gasteiger partial charge in [0.2, 0.25) is 5.91 Å². The lowest BCUT2D eigenvalue weighted by Gasteiger charge is -2.15. The maximum absolute atomic E-state index is 12.7. The van der Waals surface area contributed by atoms with Crippen LogP contribution in [0.2, 0.25) is 0 Å². The monoisotopic (exact) mass is 483 g/mol. The van der Waals surface area contributed by atoms with Gasteiger partial charge in [0, 0.05) is 23.0 Å². The molecule has 1 unspecified atom stereocenters. The van der Waals surface area contributed by atoms with Crippen molar-refractivity contribution in [2.45, 2.75) is 13.0 Å². The molecule has 0 radical (unpaired) electrons. The Morgan fingerprint density at radius 2 is 1.88 bits per heavy atom. The Labute approximate surface area is 164 Å². The lowest BCUT2D eigenvalue weighted by Crippen LogP contribution is -2.38.